The zero-order chi connectivity index (χ0) is 15.0. The van der Waals surface area contributed by atoms with Gasteiger partial charge in [-0.15, -0.1) is 0 Å². The van der Waals surface area contributed by atoms with E-state index in [4.69, 9.17) is 9.84 Å². The summed E-state index contributed by atoms with van der Waals surface area (Å²) in [7, 11) is 1.61. The molecule has 0 bridgehead atoms. The van der Waals surface area contributed by atoms with E-state index in [1.54, 1.807) is 12.0 Å². The predicted octanol–water partition coefficient (Wildman–Crippen LogP) is -0.318. The standard InChI is InChI=1S/C12H20N2O6/c1-19-6-9-3-2-4-14(5-9)12(18)13-10(15)7-20-8-11(16)17/h9H,2-8H2,1H3,(H,16,17)(H,13,15,18). The number of hydrogen-bond acceptors (Lipinski definition) is 5. The monoisotopic (exact) mass is 288 g/mol. The van der Waals surface area contributed by atoms with E-state index in [2.05, 4.69) is 10.1 Å². The molecule has 1 aliphatic rings. The molecule has 0 saturated carbocycles. The van der Waals surface area contributed by atoms with Gasteiger partial charge >= 0.3 is 12.0 Å². The SMILES string of the molecule is COCC1CCCN(C(=O)NC(=O)COCC(=O)O)C1. The van der Waals surface area contributed by atoms with Crippen molar-refractivity contribution in [2.24, 2.45) is 5.92 Å². The molecule has 0 aliphatic carbocycles. The van der Waals surface area contributed by atoms with Crippen LogP contribution in [0.15, 0.2) is 0 Å². The fourth-order valence-corrected chi connectivity index (χ4v) is 2.09. The van der Waals surface area contributed by atoms with Crippen molar-refractivity contribution in [3.8, 4) is 0 Å². The van der Waals surface area contributed by atoms with Crippen LogP contribution in [0.1, 0.15) is 12.8 Å². The van der Waals surface area contributed by atoms with Gasteiger partial charge in [0.1, 0.15) is 13.2 Å². The summed E-state index contributed by atoms with van der Waals surface area (Å²) in [5.74, 6) is -1.54. The number of nitrogens with one attached hydrogen (secondary N) is 1. The van der Waals surface area contributed by atoms with Crippen molar-refractivity contribution in [2.75, 3.05) is 40.0 Å². The van der Waals surface area contributed by atoms with E-state index in [9.17, 15) is 14.4 Å². The highest BCUT2D eigenvalue weighted by Crippen LogP contribution is 2.16. The molecule has 3 amide bonds. The van der Waals surface area contributed by atoms with Crippen LogP contribution in [0.5, 0.6) is 0 Å². The maximum Gasteiger partial charge on any atom is 0.329 e. The molecule has 20 heavy (non-hydrogen) atoms. The van der Waals surface area contributed by atoms with Gasteiger partial charge in [0.05, 0.1) is 6.61 Å². The first-order chi connectivity index (χ1) is 9.52. The molecule has 8 nitrogen and oxygen atoms in total. The average Bonchev–Trinajstić information content (AvgIpc) is 2.39. The van der Waals surface area contributed by atoms with Crippen molar-refractivity contribution in [1.29, 1.82) is 0 Å². The fourth-order valence-electron chi connectivity index (χ4n) is 2.09. The topological polar surface area (TPSA) is 105 Å². The van der Waals surface area contributed by atoms with Crippen LogP contribution in [0.2, 0.25) is 0 Å². The number of ether oxygens (including phenoxy) is 2. The van der Waals surface area contributed by atoms with Crippen LogP contribution in [0.25, 0.3) is 0 Å². The second-order valence-electron chi connectivity index (χ2n) is 4.65. The Balaban J connectivity index is 2.30. The molecule has 1 fully saturated rings. The molecule has 0 aromatic carbocycles. The quantitative estimate of drug-likeness (QED) is 0.694. The van der Waals surface area contributed by atoms with Gasteiger partial charge in [0.25, 0.3) is 5.91 Å². The van der Waals surface area contributed by atoms with Crippen LogP contribution in [-0.4, -0.2) is 67.9 Å². The van der Waals surface area contributed by atoms with Crippen molar-refractivity contribution in [3.63, 3.8) is 0 Å². The zero-order valence-corrected chi connectivity index (χ0v) is 11.5. The van der Waals surface area contributed by atoms with Crippen molar-refractivity contribution in [1.82, 2.24) is 10.2 Å². The summed E-state index contributed by atoms with van der Waals surface area (Å²) >= 11 is 0. The van der Waals surface area contributed by atoms with Crippen molar-refractivity contribution in [3.05, 3.63) is 0 Å². The molecule has 1 aliphatic heterocycles. The Morgan fingerprint density at radius 2 is 2.10 bits per heavy atom. The first kappa shape index (κ1) is 16.4. The summed E-state index contributed by atoms with van der Waals surface area (Å²) in [6, 6.07) is -0.477. The van der Waals surface area contributed by atoms with Crippen LogP contribution < -0.4 is 5.32 Å². The Hall–Kier alpha value is -1.67. The molecule has 0 spiro atoms. The van der Waals surface area contributed by atoms with Crippen LogP contribution in [0, 0.1) is 5.92 Å². The first-order valence-electron chi connectivity index (χ1n) is 6.40. The molecule has 1 saturated heterocycles. The number of carbonyl (C=O) groups is 3. The summed E-state index contributed by atoms with van der Waals surface area (Å²) in [5.41, 5.74) is 0. The number of rotatable bonds is 6. The summed E-state index contributed by atoms with van der Waals surface area (Å²) in [5, 5.41) is 10.5. The lowest BCUT2D eigenvalue weighted by molar-refractivity contribution is -0.143. The van der Waals surface area contributed by atoms with Gasteiger partial charge in [-0.1, -0.05) is 0 Å². The van der Waals surface area contributed by atoms with Gasteiger partial charge in [-0.25, -0.2) is 9.59 Å². The Labute approximate surface area is 117 Å². The second-order valence-corrected chi connectivity index (χ2v) is 4.65. The molecule has 0 aromatic heterocycles. The summed E-state index contributed by atoms with van der Waals surface area (Å²) in [4.78, 5) is 35.0. The third kappa shape index (κ3) is 5.98. The zero-order valence-electron chi connectivity index (χ0n) is 11.5. The lowest BCUT2D eigenvalue weighted by Crippen LogP contribution is -2.48. The number of urea groups is 1. The third-order valence-electron chi connectivity index (χ3n) is 2.91. The van der Waals surface area contributed by atoms with Gasteiger partial charge in [0.2, 0.25) is 0 Å². The molecule has 2 N–H and O–H groups in total. The lowest BCUT2D eigenvalue weighted by atomic mass is 9.99. The fraction of sp³-hybridized carbons (Fsp3) is 0.750. The van der Waals surface area contributed by atoms with E-state index in [1.807, 2.05) is 0 Å². The van der Waals surface area contributed by atoms with Gasteiger partial charge in [-0.05, 0) is 12.8 Å². The predicted molar refractivity (Wildman–Crippen MR) is 68.2 cm³/mol. The van der Waals surface area contributed by atoms with E-state index < -0.39 is 31.1 Å². The molecular formula is C12H20N2O6. The number of amides is 3. The molecular weight excluding hydrogens is 268 g/mol. The minimum atomic E-state index is -1.16. The maximum absolute atomic E-state index is 11.8. The van der Waals surface area contributed by atoms with Gasteiger partial charge in [0.15, 0.2) is 0 Å². The van der Waals surface area contributed by atoms with Gasteiger partial charge in [-0.2, -0.15) is 0 Å². The Bertz CT molecular complexity index is 358. The van der Waals surface area contributed by atoms with Crippen LogP contribution in [-0.2, 0) is 19.1 Å². The van der Waals surface area contributed by atoms with Crippen molar-refractivity contribution in [2.45, 2.75) is 12.8 Å². The Morgan fingerprint density at radius 1 is 1.35 bits per heavy atom. The van der Waals surface area contributed by atoms with E-state index in [1.165, 1.54) is 0 Å². The van der Waals surface area contributed by atoms with Crippen LogP contribution >= 0.6 is 0 Å². The number of likely N-dealkylation sites (tertiary alicyclic amines) is 1. The molecule has 114 valence electrons. The van der Waals surface area contributed by atoms with Gasteiger partial charge in [-0.3, -0.25) is 10.1 Å². The van der Waals surface area contributed by atoms with Crippen LogP contribution in [0.4, 0.5) is 4.79 Å². The summed E-state index contributed by atoms with van der Waals surface area (Å²) in [6.45, 7) is 0.701. The van der Waals surface area contributed by atoms with Gasteiger partial charge in [0, 0.05) is 26.1 Å². The summed E-state index contributed by atoms with van der Waals surface area (Å²) in [6.07, 6.45) is 1.86. The van der Waals surface area contributed by atoms with Crippen molar-refractivity contribution < 1.29 is 29.0 Å². The van der Waals surface area contributed by atoms with E-state index in [0.29, 0.717) is 19.7 Å². The number of imide groups is 1. The highest BCUT2D eigenvalue weighted by atomic mass is 16.5. The highest BCUT2D eigenvalue weighted by molar-refractivity contribution is 5.95. The molecule has 0 radical (unpaired) electrons. The highest BCUT2D eigenvalue weighted by Gasteiger charge is 2.24. The van der Waals surface area contributed by atoms with E-state index in [-0.39, 0.29) is 5.92 Å². The van der Waals surface area contributed by atoms with E-state index in [0.717, 1.165) is 12.8 Å². The molecule has 0 aromatic rings. The molecule has 1 atom stereocenters. The number of piperidine rings is 1. The first-order valence-corrected chi connectivity index (χ1v) is 6.40. The summed E-state index contributed by atoms with van der Waals surface area (Å²) < 4.78 is 9.67. The minimum absolute atomic E-state index is 0.276. The van der Waals surface area contributed by atoms with Crippen molar-refractivity contribution >= 4 is 17.9 Å². The maximum atomic E-state index is 11.8. The number of carboxylic acids is 1. The number of carboxylic acid groups (broad SMARTS) is 1. The molecule has 1 heterocycles. The second kappa shape index (κ2) is 8.49. The lowest BCUT2D eigenvalue weighted by Gasteiger charge is -2.32. The average molecular weight is 288 g/mol. The number of nitrogens with zero attached hydrogens (tertiary/aromatic N) is 1. The Morgan fingerprint density at radius 3 is 2.75 bits per heavy atom. The number of methoxy groups -OCH3 is 1. The molecule has 8 heteroatoms. The van der Waals surface area contributed by atoms with E-state index >= 15 is 0 Å². The third-order valence-corrected chi connectivity index (χ3v) is 2.91. The van der Waals surface area contributed by atoms with Gasteiger partial charge < -0.3 is 19.5 Å². The smallest absolute Gasteiger partial charge is 0.329 e. The van der Waals surface area contributed by atoms with Crippen LogP contribution in [0.3, 0.4) is 0 Å². The molecule has 1 unspecified atom stereocenters. The number of aliphatic carboxylic acids is 1. The normalized spacial score (nSPS) is 18.6. The number of hydrogen-bond donors (Lipinski definition) is 2. The largest absolute Gasteiger partial charge is 0.480 e. The molecule has 1 rings (SSSR count). The minimum Gasteiger partial charge on any atom is -0.480 e. The Kier molecular flexibility index (Phi) is 6.96. The number of carbonyl (C=O) groups excluding carboxylic acids is 2.